The smallest absolute Gasteiger partial charge is 0.312 e. The second-order valence-corrected chi connectivity index (χ2v) is 3.64. The van der Waals surface area contributed by atoms with Crippen molar-refractivity contribution in [2.75, 3.05) is 0 Å². The first-order valence-electron chi connectivity index (χ1n) is 5.09. The first kappa shape index (κ1) is 12.8. The minimum Gasteiger partial charge on any atom is -0.312 e. The number of nitrogens with zero attached hydrogens (tertiary/aromatic N) is 2. The molecular weight excluding hydrogens is 259 g/mol. The molecule has 0 aliphatic heterocycles. The van der Waals surface area contributed by atoms with Gasteiger partial charge in [-0.05, 0) is 12.1 Å². The number of alkyl halides is 3. The molecule has 19 heavy (non-hydrogen) atoms. The molecule has 0 spiro atoms. The number of nitriles is 1. The van der Waals surface area contributed by atoms with E-state index in [0.717, 1.165) is 18.5 Å². The van der Waals surface area contributed by atoms with Gasteiger partial charge in [-0.1, -0.05) is 12.1 Å². The maximum Gasteiger partial charge on any atom is 0.416 e. The van der Waals surface area contributed by atoms with Crippen molar-refractivity contribution in [3.8, 4) is 17.3 Å². The number of H-pyrrole nitrogens is 1. The van der Waals surface area contributed by atoms with Crippen LogP contribution in [0.5, 0.6) is 0 Å². The van der Waals surface area contributed by atoms with Gasteiger partial charge in [0.2, 0.25) is 0 Å². The molecule has 0 aliphatic carbocycles. The van der Waals surface area contributed by atoms with Crippen molar-refractivity contribution in [2.45, 2.75) is 6.18 Å². The van der Waals surface area contributed by atoms with Crippen molar-refractivity contribution in [3.63, 3.8) is 0 Å². The topological polar surface area (TPSA) is 69.5 Å². The van der Waals surface area contributed by atoms with Gasteiger partial charge in [0.05, 0.1) is 17.6 Å². The third kappa shape index (κ3) is 2.47. The number of nitrogens with one attached hydrogen (secondary N) is 1. The van der Waals surface area contributed by atoms with Crippen LogP contribution in [0.3, 0.4) is 0 Å². The molecule has 0 radical (unpaired) electrons. The van der Waals surface area contributed by atoms with Crippen molar-refractivity contribution in [3.05, 3.63) is 52.1 Å². The lowest BCUT2D eigenvalue weighted by Gasteiger charge is -2.07. The van der Waals surface area contributed by atoms with Gasteiger partial charge in [-0.15, -0.1) is 0 Å². The van der Waals surface area contributed by atoms with Crippen molar-refractivity contribution >= 4 is 0 Å². The minimum atomic E-state index is -4.43. The Bertz CT molecular complexity index is 696. The zero-order valence-electron chi connectivity index (χ0n) is 9.32. The van der Waals surface area contributed by atoms with E-state index in [1.807, 2.05) is 0 Å². The molecule has 1 N–H and O–H groups in total. The van der Waals surface area contributed by atoms with Crippen molar-refractivity contribution < 1.29 is 13.2 Å². The number of hydrogen-bond acceptors (Lipinski definition) is 3. The fourth-order valence-corrected chi connectivity index (χ4v) is 1.54. The van der Waals surface area contributed by atoms with E-state index in [1.165, 1.54) is 12.1 Å². The van der Waals surface area contributed by atoms with E-state index in [0.29, 0.717) is 0 Å². The summed E-state index contributed by atoms with van der Waals surface area (Å²) in [5.41, 5.74) is -1.34. The van der Waals surface area contributed by atoms with E-state index in [4.69, 9.17) is 5.26 Å². The zero-order chi connectivity index (χ0) is 14.0. The second-order valence-electron chi connectivity index (χ2n) is 3.64. The molecule has 1 aromatic carbocycles. The van der Waals surface area contributed by atoms with Crippen LogP contribution in [0.2, 0.25) is 0 Å². The number of rotatable bonds is 1. The summed E-state index contributed by atoms with van der Waals surface area (Å²) in [7, 11) is 0. The molecule has 0 saturated carbocycles. The van der Waals surface area contributed by atoms with Gasteiger partial charge < -0.3 is 4.98 Å². The fraction of sp³-hybridized carbons (Fsp3) is 0.0833. The highest BCUT2D eigenvalue weighted by Crippen LogP contribution is 2.30. The zero-order valence-corrected chi connectivity index (χ0v) is 9.32. The van der Waals surface area contributed by atoms with E-state index in [-0.39, 0.29) is 16.8 Å². The lowest BCUT2D eigenvalue weighted by atomic mass is 10.1. The van der Waals surface area contributed by atoms with Crippen LogP contribution in [-0.4, -0.2) is 9.97 Å². The Balaban J connectivity index is 2.53. The molecule has 0 unspecified atom stereocenters. The normalized spacial score (nSPS) is 11.1. The molecule has 0 atom stereocenters. The Hall–Kier alpha value is -2.62. The molecular formula is C12H6F3N3O. The Morgan fingerprint density at radius 3 is 2.37 bits per heavy atom. The number of aromatic nitrogens is 2. The number of hydrogen-bond donors (Lipinski definition) is 1. The van der Waals surface area contributed by atoms with Crippen molar-refractivity contribution in [2.24, 2.45) is 0 Å². The van der Waals surface area contributed by atoms with E-state index in [9.17, 15) is 18.0 Å². The SMILES string of the molecule is N#Cc1c(-c2ccc(C(F)(F)F)cc2)nc[nH]c1=O. The van der Waals surface area contributed by atoms with Crippen LogP contribution in [0.15, 0.2) is 35.4 Å². The summed E-state index contributed by atoms with van der Waals surface area (Å²) in [6, 6.07) is 5.77. The number of benzene rings is 1. The third-order valence-corrected chi connectivity index (χ3v) is 2.45. The molecule has 4 nitrogen and oxygen atoms in total. The molecule has 2 aromatic rings. The Kier molecular flexibility index (Phi) is 3.09. The van der Waals surface area contributed by atoms with Crippen molar-refractivity contribution in [1.29, 1.82) is 5.26 Å². The van der Waals surface area contributed by atoms with Gasteiger partial charge in [0, 0.05) is 5.56 Å². The largest absolute Gasteiger partial charge is 0.416 e. The molecule has 1 heterocycles. The summed E-state index contributed by atoms with van der Waals surface area (Å²) in [6.45, 7) is 0. The van der Waals surface area contributed by atoms with Crippen LogP contribution in [0.1, 0.15) is 11.1 Å². The molecule has 7 heteroatoms. The molecule has 0 amide bonds. The van der Waals surface area contributed by atoms with Gasteiger partial charge in [-0.2, -0.15) is 18.4 Å². The van der Waals surface area contributed by atoms with E-state index >= 15 is 0 Å². The average Bonchev–Trinajstić information content (AvgIpc) is 2.37. The molecule has 1 aromatic heterocycles. The van der Waals surface area contributed by atoms with Crippen LogP contribution in [0, 0.1) is 11.3 Å². The molecule has 0 saturated heterocycles. The monoisotopic (exact) mass is 265 g/mol. The number of halogens is 3. The van der Waals surface area contributed by atoms with E-state index in [2.05, 4.69) is 9.97 Å². The minimum absolute atomic E-state index is 0.0555. The van der Waals surface area contributed by atoms with Crippen molar-refractivity contribution in [1.82, 2.24) is 9.97 Å². The van der Waals surface area contributed by atoms with Crippen LogP contribution in [-0.2, 0) is 6.18 Å². The summed E-state index contributed by atoms with van der Waals surface area (Å²) < 4.78 is 37.2. The highest BCUT2D eigenvalue weighted by Gasteiger charge is 2.30. The quantitative estimate of drug-likeness (QED) is 0.860. The van der Waals surface area contributed by atoms with Gasteiger partial charge in [-0.3, -0.25) is 4.79 Å². The van der Waals surface area contributed by atoms with Gasteiger partial charge in [0.1, 0.15) is 11.6 Å². The standard InChI is InChI=1S/C12H6F3N3O/c13-12(14,15)8-3-1-7(2-4-8)10-9(5-16)11(19)18-6-17-10/h1-4,6H,(H,17,18,19). The van der Waals surface area contributed by atoms with Gasteiger partial charge in [0.25, 0.3) is 5.56 Å². The Labute approximate surface area is 105 Å². The predicted octanol–water partition coefficient (Wildman–Crippen LogP) is 2.33. The second kappa shape index (κ2) is 4.57. The fourth-order valence-electron chi connectivity index (χ4n) is 1.54. The highest BCUT2D eigenvalue weighted by atomic mass is 19.4. The molecule has 0 aliphatic rings. The summed E-state index contributed by atoms with van der Waals surface area (Å²) in [5.74, 6) is 0. The van der Waals surface area contributed by atoms with Crippen LogP contribution < -0.4 is 5.56 Å². The Morgan fingerprint density at radius 1 is 1.21 bits per heavy atom. The first-order valence-corrected chi connectivity index (χ1v) is 5.09. The third-order valence-electron chi connectivity index (χ3n) is 2.45. The van der Waals surface area contributed by atoms with Gasteiger partial charge in [-0.25, -0.2) is 4.98 Å². The lowest BCUT2D eigenvalue weighted by Crippen LogP contribution is -2.12. The summed E-state index contributed by atoms with van der Waals surface area (Å²) >= 11 is 0. The summed E-state index contributed by atoms with van der Waals surface area (Å²) in [6.07, 6.45) is -3.34. The van der Waals surface area contributed by atoms with Crippen LogP contribution in [0.4, 0.5) is 13.2 Å². The predicted molar refractivity (Wildman–Crippen MR) is 60.0 cm³/mol. The lowest BCUT2D eigenvalue weighted by molar-refractivity contribution is -0.137. The van der Waals surface area contributed by atoms with Crippen LogP contribution in [0.25, 0.3) is 11.3 Å². The van der Waals surface area contributed by atoms with Gasteiger partial charge >= 0.3 is 6.18 Å². The molecule has 0 bridgehead atoms. The first-order chi connectivity index (χ1) is 8.93. The molecule has 96 valence electrons. The molecule has 0 fully saturated rings. The Morgan fingerprint density at radius 2 is 1.84 bits per heavy atom. The number of aromatic amines is 1. The average molecular weight is 265 g/mol. The van der Waals surface area contributed by atoms with Crippen LogP contribution >= 0.6 is 0 Å². The maximum absolute atomic E-state index is 12.4. The molecule has 2 rings (SSSR count). The van der Waals surface area contributed by atoms with E-state index in [1.54, 1.807) is 6.07 Å². The van der Waals surface area contributed by atoms with Gasteiger partial charge in [0.15, 0.2) is 0 Å². The maximum atomic E-state index is 12.4. The summed E-state index contributed by atoms with van der Waals surface area (Å²) in [4.78, 5) is 17.4. The van der Waals surface area contributed by atoms with E-state index < -0.39 is 17.3 Å². The summed E-state index contributed by atoms with van der Waals surface area (Å²) in [5, 5.41) is 8.85. The highest BCUT2D eigenvalue weighted by molar-refractivity contribution is 5.65.